The molecule has 272 valence electrons. The van der Waals surface area contributed by atoms with Crippen LogP contribution in [0.3, 0.4) is 0 Å². The Morgan fingerprint density at radius 1 is 0.636 bits per heavy atom. The fourth-order valence-corrected chi connectivity index (χ4v) is 7.45. The van der Waals surface area contributed by atoms with Crippen molar-refractivity contribution in [3.8, 4) is 67.5 Å². The number of aryl methyl sites for hydroxylation is 1. The summed E-state index contributed by atoms with van der Waals surface area (Å²) in [5.74, 6) is 0.199. The third kappa shape index (κ3) is 6.85. The van der Waals surface area contributed by atoms with Crippen molar-refractivity contribution in [3.63, 3.8) is 0 Å². The average Bonchev–Trinajstić information content (AvgIpc) is 3.58. The van der Waals surface area contributed by atoms with Crippen molar-refractivity contribution in [1.82, 2.24) is 14.5 Å². The Balaban J connectivity index is 1.33. The highest BCUT2D eigenvalue weighted by Gasteiger charge is 2.23. The molecule has 0 saturated heterocycles. The zero-order valence-corrected chi connectivity index (χ0v) is 32.6. The largest absolute Gasteiger partial charge is 0.507 e. The lowest BCUT2D eigenvalue weighted by Crippen LogP contribution is -2.11. The minimum Gasteiger partial charge on any atom is -0.507 e. The fraction of sp³-hybridized carbons (Fsp3) is 0.176. The number of phenolic OH excluding ortho intramolecular Hbond substituents is 1. The van der Waals surface area contributed by atoms with Crippen molar-refractivity contribution in [1.29, 1.82) is 0 Å². The van der Waals surface area contributed by atoms with E-state index in [2.05, 4.69) is 130 Å². The number of fused-ring (bicyclic) bond motifs is 1. The van der Waals surface area contributed by atoms with Crippen LogP contribution in [0.2, 0.25) is 0 Å². The summed E-state index contributed by atoms with van der Waals surface area (Å²) in [5.41, 5.74) is 16.3. The topological polar surface area (TPSA) is 50.9 Å². The van der Waals surface area contributed by atoms with Gasteiger partial charge in [0.2, 0.25) is 0 Å². The van der Waals surface area contributed by atoms with E-state index in [-0.39, 0.29) is 11.2 Å². The van der Waals surface area contributed by atoms with Crippen molar-refractivity contribution < 1.29 is 6.48 Å². The average molecular weight is 719 g/mol. The molecular formula is C51H47N3O. The first-order chi connectivity index (χ1) is 26.8. The van der Waals surface area contributed by atoms with Gasteiger partial charge >= 0.3 is 0 Å². The van der Waals surface area contributed by atoms with E-state index >= 15 is 0 Å². The van der Waals surface area contributed by atoms with E-state index in [0.717, 1.165) is 66.9 Å². The highest BCUT2D eigenvalue weighted by Crippen LogP contribution is 2.41. The summed E-state index contributed by atoms with van der Waals surface area (Å²) in [7, 11) is 0. The number of imidazole rings is 1. The summed E-state index contributed by atoms with van der Waals surface area (Å²) in [6.45, 7) is 14.9. The van der Waals surface area contributed by atoms with Gasteiger partial charge in [-0.1, -0.05) is 120 Å². The zero-order valence-electron chi connectivity index (χ0n) is 33.6. The van der Waals surface area contributed by atoms with Gasteiger partial charge in [0, 0.05) is 24.4 Å². The van der Waals surface area contributed by atoms with Gasteiger partial charge in [-0.2, -0.15) is 0 Å². The molecule has 0 unspecified atom stereocenters. The lowest BCUT2D eigenvalue weighted by molar-refractivity contribution is 0.477. The third-order valence-electron chi connectivity index (χ3n) is 10.8. The Hall–Kier alpha value is -6.26. The Morgan fingerprint density at radius 2 is 1.35 bits per heavy atom. The van der Waals surface area contributed by atoms with E-state index in [1.54, 1.807) is 6.07 Å². The van der Waals surface area contributed by atoms with Crippen LogP contribution in [0.5, 0.6) is 5.75 Å². The maximum absolute atomic E-state index is 11.3. The molecule has 55 heavy (non-hydrogen) atoms. The van der Waals surface area contributed by atoms with Crippen LogP contribution in [0.15, 0.2) is 146 Å². The van der Waals surface area contributed by atoms with Gasteiger partial charge in [-0.15, -0.1) is 0 Å². The standard InChI is InChI=1S/C51H47N3O/c1-32(2)35-20-22-36(23-21-35)38-24-25-52-46(30-38)40-27-39(28-41(29-40)51(5,6)7)43-17-13-18-47-49(43)53-50(44-16-11-12-19-48(44)55)54(47)42-26-33(3)34(4)45(31-42)37-14-9-8-10-15-37/h8-32,55H,1-7H3/i32D. The number of aromatic hydroxyl groups is 1. The van der Waals surface area contributed by atoms with Crippen molar-refractivity contribution >= 4 is 11.0 Å². The smallest absolute Gasteiger partial charge is 0.149 e. The Kier molecular flexibility index (Phi) is 8.90. The normalized spacial score (nSPS) is 12.2. The second-order valence-corrected chi connectivity index (χ2v) is 15.8. The molecule has 2 aromatic heterocycles. The molecule has 0 amide bonds. The van der Waals surface area contributed by atoms with Crippen LogP contribution in [0.25, 0.3) is 72.7 Å². The summed E-state index contributed by atoms with van der Waals surface area (Å²) in [5, 5.41) is 11.3. The molecule has 8 aromatic rings. The first-order valence-electron chi connectivity index (χ1n) is 19.5. The number of nitrogens with zero attached hydrogens (tertiary/aromatic N) is 3. The summed E-state index contributed by atoms with van der Waals surface area (Å²) in [6, 6.07) is 48.0. The number of aromatic nitrogens is 3. The highest BCUT2D eigenvalue weighted by molar-refractivity contribution is 5.97. The molecule has 4 nitrogen and oxygen atoms in total. The second-order valence-electron chi connectivity index (χ2n) is 15.8. The van der Waals surface area contributed by atoms with E-state index < -0.39 is 5.89 Å². The van der Waals surface area contributed by atoms with E-state index in [9.17, 15) is 5.11 Å². The molecule has 4 heteroatoms. The van der Waals surface area contributed by atoms with Crippen molar-refractivity contribution in [2.45, 2.75) is 59.8 Å². The predicted molar refractivity (Wildman–Crippen MR) is 230 cm³/mol. The molecule has 0 aliphatic carbocycles. The number of phenols is 1. The van der Waals surface area contributed by atoms with E-state index in [0.29, 0.717) is 11.4 Å². The van der Waals surface area contributed by atoms with Crippen LogP contribution in [0, 0.1) is 13.8 Å². The van der Waals surface area contributed by atoms with Crippen molar-refractivity contribution in [2.75, 3.05) is 0 Å². The van der Waals surface area contributed by atoms with Crippen molar-refractivity contribution in [3.05, 3.63) is 168 Å². The van der Waals surface area contributed by atoms with Crippen LogP contribution < -0.4 is 0 Å². The molecular weight excluding hydrogens is 671 g/mol. The number of para-hydroxylation sites is 2. The summed E-state index contributed by atoms with van der Waals surface area (Å²) in [6.07, 6.45) is 1.88. The van der Waals surface area contributed by atoms with Gasteiger partial charge in [0.1, 0.15) is 11.6 Å². The Bertz CT molecular complexity index is 2730. The Morgan fingerprint density at radius 3 is 2.07 bits per heavy atom. The van der Waals surface area contributed by atoms with Crippen LogP contribution >= 0.6 is 0 Å². The van der Waals surface area contributed by atoms with E-state index in [1.165, 1.54) is 16.7 Å². The highest BCUT2D eigenvalue weighted by atomic mass is 16.3. The lowest BCUT2D eigenvalue weighted by Gasteiger charge is -2.22. The van der Waals surface area contributed by atoms with Gasteiger partial charge in [0.05, 0.1) is 22.3 Å². The first-order valence-corrected chi connectivity index (χ1v) is 19.0. The van der Waals surface area contributed by atoms with Crippen molar-refractivity contribution in [2.24, 2.45) is 0 Å². The zero-order chi connectivity index (χ0) is 39.4. The van der Waals surface area contributed by atoms with Gasteiger partial charge < -0.3 is 5.11 Å². The monoisotopic (exact) mass is 718 g/mol. The number of pyridine rings is 1. The molecule has 0 atom stereocenters. The minimum atomic E-state index is -0.656. The van der Waals surface area contributed by atoms with E-state index in [1.807, 2.05) is 62.5 Å². The summed E-state index contributed by atoms with van der Waals surface area (Å²) in [4.78, 5) is 10.3. The quantitative estimate of drug-likeness (QED) is 0.178. The molecule has 0 aliphatic rings. The maximum atomic E-state index is 11.3. The minimum absolute atomic E-state index is 0.136. The lowest BCUT2D eigenvalue weighted by atomic mass is 9.83. The predicted octanol–water partition coefficient (Wildman–Crippen LogP) is 13.5. The number of benzene rings is 6. The molecule has 0 spiro atoms. The number of hydrogen-bond acceptors (Lipinski definition) is 3. The van der Waals surface area contributed by atoms with Gasteiger partial charge in [-0.3, -0.25) is 9.55 Å². The van der Waals surface area contributed by atoms with Crippen LogP contribution in [0.1, 0.15) is 64.1 Å². The summed E-state index contributed by atoms with van der Waals surface area (Å²) >= 11 is 0. The molecule has 6 aromatic carbocycles. The molecule has 0 radical (unpaired) electrons. The molecule has 0 fully saturated rings. The second kappa shape index (κ2) is 14.2. The van der Waals surface area contributed by atoms with Crippen LogP contribution in [-0.4, -0.2) is 19.6 Å². The Labute approximate surface area is 326 Å². The summed E-state index contributed by atoms with van der Waals surface area (Å²) < 4.78 is 10.6. The third-order valence-corrected chi connectivity index (χ3v) is 10.8. The first kappa shape index (κ1) is 34.5. The van der Waals surface area contributed by atoms with Crippen LogP contribution in [-0.2, 0) is 5.41 Å². The molecule has 0 aliphatic heterocycles. The van der Waals surface area contributed by atoms with Gasteiger partial charge in [0.25, 0.3) is 0 Å². The molecule has 0 bridgehead atoms. The molecule has 0 saturated carbocycles. The fourth-order valence-electron chi connectivity index (χ4n) is 7.45. The van der Waals surface area contributed by atoms with E-state index in [4.69, 9.17) is 11.3 Å². The van der Waals surface area contributed by atoms with Gasteiger partial charge in [-0.25, -0.2) is 4.98 Å². The number of rotatable bonds is 7. The van der Waals surface area contributed by atoms with Gasteiger partial charge in [0.15, 0.2) is 0 Å². The van der Waals surface area contributed by atoms with Gasteiger partial charge in [-0.05, 0) is 130 Å². The number of hydrogen-bond donors (Lipinski definition) is 1. The molecule has 8 rings (SSSR count). The maximum Gasteiger partial charge on any atom is 0.149 e. The SMILES string of the molecule is [2H]C(C)(C)c1ccc(-c2ccnc(-c3cc(-c4cccc5c4nc(-c4ccccc4O)n5-c4cc(C)c(C)c(-c5ccccc5)c4)cc(C(C)(C)C)c3)c2)cc1. The van der Waals surface area contributed by atoms with Crippen LogP contribution in [0.4, 0.5) is 0 Å². The molecule has 2 heterocycles. The molecule has 1 N–H and O–H groups in total.